The van der Waals surface area contributed by atoms with Crippen LogP contribution in [0.25, 0.3) is 11.6 Å². The molecule has 6 heteroatoms. The van der Waals surface area contributed by atoms with Crippen molar-refractivity contribution in [2.75, 3.05) is 0 Å². The first-order valence-corrected chi connectivity index (χ1v) is 4.52. The van der Waals surface area contributed by atoms with E-state index < -0.39 is 0 Å². The minimum Gasteiger partial charge on any atom is -0.222 e. The Hall–Kier alpha value is -2.24. The van der Waals surface area contributed by atoms with E-state index in [9.17, 15) is 0 Å². The number of hydrogen-bond donors (Lipinski definition) is 0. The molecule has 0 unspecified atom stereocenters. The van der Waals surface area contributed by atoms with E-state index in [0.717, 1.165) is 11.5 Å². The van der Waals surface area contributed by atoms with Gasteiger partial charge in [-0.1, -0.05) is 0 Å². The van der Waals surface area contributed by atoms with E-state index in [0.29, 0.717) is 5.78 Å². The minimum atomic E-state index is 0.584. The molecule has 3 rings (SSSR count). The van der Waals surface area contributed by atoms with Crippen molar-refractivity contribution in [1.82, 2.24) is 29.4 Å². The first-order valence-electron chi connectivity index (χ1n) is 4.52. The lowest BCUT2D eigenvalue weighted by Crippen LogP contribution is -2.06. The van der Waals surface area contributed by atoms with Crippen LogP contribution in [-0.4, -0.2) is 29.4 Å². The van der Waals surface area contributed by atoms with E-state index in [2.05, 4.69) is 20.2 Å². The molecule has 3 aromatic rings. The van der Waals surface area contributed by atoms with Gasteiger partial charge in [-0.25, -0.2) is 9.67 Å². The number of hydrogen-bond acceptors (Lipinski definition) is 4. The Bertz CT molecular complexity index is 594. The van der Waals surface area contributed by atoms with Crippen molar-refractivity contribution in [3.05, 3.63) is 36.5 Å². The molecule has 0 aliphatic heterocycles. The van der Waals surface area contributed by atoms with Crippen LogP contribution in [0, 0.1) is 6.92 Å². The van der Waals surface area contributed by atoms with Crippen LogP contribution in [0.1, 0.15) is 5.69 Å². The van der Waals surface area contributed by atoms with E-state index in [-0.39, 0.29) is 0 Å². The van der Waals surface area contributed by atoms with Crippen molar-refractivity contribution in [1.29, 1.82) is 0 Å². The molecule has 0 aromatic carbocycles. The van der Waals surface area contributed by atoms with E-state index in [1.807, 2.05) is 25.3 Å². The molecule has 0 aliphatic rings. The summed E-state index contributed by atoms with van der Waals surface area (Å²) < 4.78 is 3.39. The van der Waals surface area contributed by atoms with Crippen molar-refractivity contribution in [2.24, 2.45) is 0 Å². The summed E-state index contributed by atoms with van der Waals surface area (Å²) in [6, 6.07) is 3.77. The second-order valence-corrected chi connectivity index (χ2v) is 3.18. The molecule has 15 heavy (non-hydrogen) atoms. The molecule has 0 aliphatic carbocycles. The van der Waals surface area contributed by atoms with Crippen LogP contribution in [0.4, 0.5) is 0 Å². The third-order valence-electron chi connectivity index (χ3n) is 2.10. The molecular weight excluding hydrogens is 192 g/mol. The molecule has 0 atom stereocenters. The second kappa shape index (κ2) is 2.88. The van der Waals surface area contributed by atoms with Crippen LogP contribution < -0.4 is 0 Å². The SMILES string of the molecule is Cc1cc(-n2cccn2)n2ncnc2n1. The first-order chi connectivity index (χ1) is 7.34. The van der Waals surface area contributed by atoms with E-state index in [4.69, 9.17) is 0 Å². The van der Waals surface area contributed by atoms with Gasteiger partial charge in [-0.15, -0.1) is 0 Å². The normalized spacial score (nSPS) is 11.0. The standard InChI is InChI=1S/C9H8N6/c1-7-5-8(14-4-2-3-11-14)15-9(13-7)10-6-12-15/h2-6H,1H3. The monoisotopic (exact) mass is 200 g/mol. The fourth-order valence-corrected chi connectivity index (χ4v) is 1.48. The number of nitrogens with zero attached hydrogens (tertiary/aromatic N) is 6. The molecule has 3 heterocycles. The Morgan fingerprint density at radius 2 is 2.20 bits per heavy atom. The van der Waals surface area contributed by atoms with Crippen LogP contribution in [0.3, 0.4) is 0 Å². The summed E-state index contributed by atoms with van der Waals surface area (Å²) in [6.07, 6.45) is 5.06. The summed E-state index contributed by atoms with van der Waals surface area (Å²) in [5.41, 5.74) is 0.890. The van der Waals surface area contributed by atoms with Gasteiger partial charge in [0.1, 0.15) is 6.33 Å². The van der Waals surface area contributed by atoms with Gasteiger partial charge in [-0.05, 0) is 13.0 Å². The van der Waals surface area contributed by atoms with Gasteiger partial charge in [0, 0.05) is 24.2 Å². The summed E-state index contributed by atoms with van der Waals surface area (Å²) in [5, 5.41) is 8.26. The van der Waals surface area contributed by atoms with Gasteiger partial charge < -0.3 is 0 Å². The Kier molecular flexibility index (Phi) is 1.55. The molecule has 3 aromatic heterocycles. The summed E-state index contributed by atoms with van der Waals surface area (Å²) in [6.45, 7) is 1.92. The molecule has 0 radical (unpaired) electrons. The van der Waals surface area contributed by atoms with E-state index >= 15 is 0 Å². The lowest BCUT2D eigenvalue weighted by molar-refractivity contribution is 0.777. The molecule has 0 saturated carbocycles. The maximum absolute atomic E-state index is 4.25. The summed E-state index contributed by atoms with van der Waals surface area (Å²) in [7, 11) is 0. The molecule has 0 N–H and O–H groups in total. The van der Waals surface area contributed by atoms with Gasteiger partial charge in [0.05, 0.1) is 0 Å². The lowest BCUT2D eigenvalue weighted by atomic mass is 10.4. The third-order valence-corrected chi connectivity index (χ3v) is 2.10. The molecule has 74 valence electrons. The first kappa shape index (κ1) is 8.10. The number of fused-ring (bicyclic) bond motifs is 1. The summed E-state index contributed by atoms with van der Waals surface area (Å²) >= 11 is 0. The quantitative estimate of drug-likeness (QED) is 0.577. The molecular formula is C9H8N6. The number of aryl methyl sites for hydroxylation is 1. The van der Waals surface area contributed by atoms with Gasteiger partial charge in [0.15, 0.2) is 5.82 Å². The van der Waals surface area contributed by atoms with Crippen LogP contribution >= 0.6 is 0 Å². The summed E-state index contributed by atoms with van der Waals surface area (Å²) in [5.74, 6) is 1.42. The van der Waals surface area contributed by atoms with Crippen LogP contribution in [-0.2, 0) is 0 Å². The van der Waals surface area contributed by atoms with Crippen molar-refractivity contribution in [3.8, 4) is 5.82 Å². The highest BCUT2D eigenvalue weighted by Crippen LogP contribution is 2.08. The lowest BCUT2D eigenvalue weighted by Gasteiger charge is -2.04. The van der Waals surface area contributed by atoms with Gasteiger partial charge in [-0.3, -0.25) is 0 Å². The Balaban J connectivity index is 2.38. The van der Waals surface area contributed by atoms with Crippen LogP contribution in [0.15, 0.2) is 30.9 Å². The average Bonchev–Trinajstić information content (AvgIpc) is 2.86. The van der Waals surface area contributed by atoms with Gasteiger partial charge >= 0.3 is 0 Å². The molecule has 0 spiro atoms. The molecule has 6 nitrogen and oxygen atoms in total. The Labute approximate surface area is 85.2 Å². The maximum atomic E-state index is 4.25. The van der Waals surface area contributed by atoms with Crippen LogP contribution in [0.5, 0.6) is 0 Å². The highest BCUT2D eigenvalue weighted by molar-refractivity contribution is 5.36. The van der Waals surface area contributed by atoms with Gasteiger partial charge in [-0.2, -0.15) is 19.7 Å². The zero-order valence-electron chi connectivity index (χ0n) is 8.07. The fraction of sp³-hybridized carbons (Fsp3) is 0.111. The summed E-state index contributed by atoms with van der Waals surface area (Å²) in [4.78, 5) is 8.30. The smallest absolute Gasteiger partial charge is 0.222 e. The predicted octanol–water partition coefficient (Wildman–Crippen LogP) is 0.618. The molecule has 0 saturated heterocycles. The Morgan fingerprint density at radius 1 is 1.27 bits per heavy atom. The largest absolute Gasteiger partial charge is 0.254 e. The molecule has 0 fully saturated rings. The van der Waals surface area contributed by atoms with E-state index in [1.165, 1.54) is 6.33 Å². The Morgan fingerprint density at radius 3 is 3.00 bits per heavy atom. The van der Waals surface area contributed by atoms with Gasteiger partial charge in [0.25, 0.3) is 5.78 Å². The van der Waals surface area contributed by atoms with E-state index in [1.54, 1.807) is 15.4 Å². The highest BCUT2D eigenvalue weighted by atomic mass is 15.4. The predicted molar refractivity (Wildman–Crippen MR) is 52.6 cm³/mol. The number of aromatic nitrogens is 6. The molecule has 0 amide bonds. The van der Waals surface area contributed by atoms with Gasteiger partial charge in [0.2, 0.25) is 0 Å². The van der Waals surface area contributed by atoms with Crippen molar-refractivity contribution >= 4 is 5.78 Å². The van der Waals surface area contributed by atoms with Crippen molar-refractivity contribution in [2.45, 2.75) is 6.92 Å². The minimum absolute atomic E-state index is 0.584. The zero-order chi connectivity index (χ0) is 10.3. The average molecular weight is 200 g/mol. The second-order valence-electron chi connectivity index (χ2n) is 3.18. The highest BCUT2D eigenvalue weighted by Gasteiger charge is 2.06. The van der Waals surface area contributed by atoms with Crippen LogP contribution in [0.2, 0.25) is 0 Å². The fourth-order valence-electron chi connectivity index (χ4n) is 1.48. The van der Waals surface area contributed by atoms with Crippen molar-refractivity contribution < 1.29 is 0 Å². The zero-order valence-corrected chi connectivity index (χ0v) is 8.07. The van der Waals surface area contributed by atoms with Crippen molar-refractivity contribution in [3.63, 3.8) is 0 Å². The topological polar surface area (TPSA) is 60.9 Å². The molecule has 0 bridgehead atoms. The number of rotatable bonds is 1. The third kappa shape index (κ3) is 1.18. The maximum Gasteiger partial charge on any atom is 0.254 e.